The van der Waals surface area contributed by atoms with E-state index in [1.165, 1.54) is 10.8 Å². The first-order valence-electron chi connectivity index (χ1n) is 15.5. The largest absolute Gasteiger partial charge is 0.456 e. The molecule has 0 aliphatic carbocycles. The number of hydrogen-bond acceptors (Lipinski definition) is 3. The zero-order valence-electron chi connectivity index (χ0n) is 24.7. The van der Waals surface area contributed by atoms with Gasteiger partial charge in [-0.15, -0.1) is 0 Å². The van der Waals surface area contributed by atoms with E-state index >= 15 is 0 Å². The molecule has 0 radical (unpaired) electrons. The van der Waals surface area contributed by atoms with Crippen molar-refractivity contribution in [1.29, 1.82) is 0 Å². The topological polar surface area (TPSA) is 43.9 Å². The van der Waals surface area contributed by atoms with Gasteiger partial charge in [0.15, 0.2) is 0 Å². The van der Waals surface area contributed by atoms with Gasteiger partial charge < -0.3 is 8.98 Å². The molecule has 214 valence electrons. The summed E-state index contributed by atoms with van der Waals surface area (Å²) in [5.74, 6) is 0. The lowest BCUT2D eigenvalue weighted by molar-refractivity contribution is 0.669. The van der Waals surface area contributed by atoms with Gasteiger partial charge in [0.2, 0.25) is 0 Å². The molecule has 0 bridgehead atoms. The van der Waals surface area contributed by atoms with Crippen LogP contribution in [0.2, 0.25) is 0 Å². The Balaban J connectivity index is 1.27. The van der Waals surface area contributed by atoms with E-state index < -0.39 is 0 Å². The molecule has 0 saturated carbocycles. The van der Waals surface area contributed by atoms with Gasteiger partial charge in [-0.3, -0.25) is 0 Å². The molecule has 7 aromatic carbocycles. The van der Waals surface area contributed by atoms with Gasteiger partial charge in [-0.1, -0.05) is 109 Å². The lowest BCUT2D eigenvalue weighted by atomic mass is 10.0. The molecular weight excluding hydrogens is 562 g/mol. The Morgan fingerprint density at radius 2 is 1.11 bits per heavy atom. The van der Waals surface area contributed by atoms with Crippen LogP contribution in [-0.2, 0) is 0 Å². The number of rotatable bonds is 3. The van der Waals surface area contributed by atoms with E-state index in [4.69, 9.17) is 14.4 Å². The molecule has 46 heavy (non-hydrogen) atoms. The van der Waals surface area contributed by atoms with Gasteiger partial charge in [0.25, 0.3) is 0 Å². The molecule has 4 nitrogen and oxygen atoms in total. The molecule has 4 heteroatoms. The van der Waals surface area contributed by atoms with Crippen LogP contribution < -0.4 is 0 Å². The fraction of sp³-hybridized carbons (Fsp3) is 0. The second kappa shape index (κ2) is 9.62. The van der Waals surface area contributed by atoms with Gasteiger partial charge in [-0.05, 0) is 47.9 Å². The quantitative estimate of drug-likeness (QED) is 0.193. The van der Waals surface area contributed by atoms with E-state index in [0.29, 0.717) is 0 Å². The van der Waals surface area contributed by atoms with Gasteiger partial charge >= 0.3 is 0 Å². The number of furan rings is 1. The van der Waals surface area contributed by atoms with Crippen molar-refractivity contribution in [3.63, 3.8) is 0 Å². The van der Waals surface area contributed by atoms with E-state index in [9.17, 15) is 0 Å². The summed E-state index contributed by atoms with van der Waals surface area (Å²) in [6.07, 6.45) is 0. The molecule has 3 heterocycles. The van der Waals surface area contributed by atoms with Crippen LogP contribution in [-0.4, -0.2) is 14.5 Å². The van der Waals surface area contributed by atoms with Gasteiger partial charge in [0, 0.05) is 43.7 Å². The minimum absolute atomic E-state index is 0.872. The van der Waals surface area contributed by atoms with Crippen molar-refractivity contribution >= 4 is 65.6 Å². The summed E-state index contributed by atoms with van der Waals surface area (Å²) in [5.41, 5.74) is 10.8. The Morgan fingerprint density at radius 1 is 0.435 bits per heavy atom. The maximum atomic E-state index is 6.30. The number of para-hydroxylation sites is 2. The van der Waals surface area contributed by atoms with E-state index in [2.05, 4.69) is 132 Å². The number of aromatic nitrogens is 3. The molecule has 0 unspecified atom stereocenters. The minimum atomic E-state index is 0.872. The van der Waals surface area contributed by atoms with Crippen LogP contribution in [0.3, 0.4) is 0 Å². The van der Waals surface area contributed by atoms with Crippen molar-refractivity contribution in [2.45, 2.75) is 0 Å². The van der Waals surface area contributed by atoms with Crippen molar-refractivity contribution < 1.29 is 4.42 Å². The third-order valence-corrected chi connectivity index (χ3v) is 9.16. The number of nitrogens with zero attached hydrogens (tertiary/aromatic N) is 3. The van der Waals surface area contributed by atoms with Crippen LogP contribution in [0.15, 0.2) is 156 Å². The van der Waals surface area contributed by atoms with Crippen LogP contribution in [0, 0.1) is 0 Å². The summed E-state index contributed by atoms with van der Waals surface area (Å²) in [4.78, 5) is 10.6. The molecule has 10 rings (SSSR count). The highest BCUT2D eigenvalue weighted by Gasteiger charge is 2.18. The smallest absolute Gasteiger partial charge is 0.136 e. The van der Waals surface area contributed by atoms with E-state index in [1.54, 1.807) is 0 Å². The predicted octanol–water partition coefficient (Wildman–Crippen LogP) is 11.1. The van der Waals surface area contributed by atoms with Crippen molar-refractivity contribution in [2.75, 3.05) is 0 Å². The molecule has 3 aromatic heterocycles. The molecule has 0 amide bonds. The SMILES string of the molecule is c1ccc(-c2nc3ccc4ccc(-n5c6ccccc6c6cc7oc8ccccc8c7cc65)cc4c3nc2-c2ccccc2)cc1. The van der Waals surface area contributed by atoms with E-state index in [-0.39, 0.29) is 0 Å². The lowest BCUT2D eigenvalue weighted by Crippen LogP contribution is -1.97. The second-order valence-corrected chi connectivity index (χ2v) is 11.8. The summed E-state index contributed by atoms with van der Waals surface area (Å²) in [6, 6.07) is 53.0. The Kier molecular flexibility index (Phi) is 5.25. The van der Waals surface area contributed by atoms with Crippen molar-refractivity contribution in [3.8, 4) is 28.2 Å². The molecule has 10 aromatic rings. The zero-order chi connectivity index (χ0) is 30.2. The van der Waals surface area contributed by atoms with Crippen molar-refractivity contribution in [3.05, 3.63) is 152 Å². The standard InChI is InChI=1S/C42H25N3O/c1-3-11-27(12-4-1)40-41(28-13-5-2-6-14-28)44-42-32-23-29(21-19-26(32)20-22-35(42)43-40)45-36-17-9-7-15-30(36)33-25-39-34(24-37(33)45)31-16-8-10-18-38(31)46-39/h1-25H. The average molecular weight is 588 g/mol. The maximum Gasteiger partial charge on any atom is 0.136 e. The Labute approximate surface area is 263 Å². The fourth-order valence-corrected chi connectivity index (χ4v) is 7.02. The summed E-state index contributed by atoms with van der Waals surface area (Å²) < 4.78 is 8.66. The minimum Gasteiger partial charge on any atom is -0.456 e. The molecular formula is C42H25N3O. The van der Waals surface area contributed by atoms with E-state index in [0.717, 1.165) is 83.0 Å². The fourth-order valence-electron chi connectivity index (χ4n) is 7.02. The number of hydrogen-bond donors (Lipinski definition) is 0. The van der Waals surface area contributed by atoms with Crippen LogP contribution in [0.5, 0.6) is 0 Å². The molecule has 0 N–H and O–H groups in total. The van der Waals surface area contributed by atoms with Gasteiger partial charge in [0.05, 0.1) is 33.5 Å². The maximum absolute atomic E-state index is 6.30. The normalized spacial score (nSPS) is 11.9. The van der Waals surface area contributed by atoms with Crippen LogP contribution >= 0.6 is 0 Å². The molecule has 0 atom stereocenters. The van der Waals surface area contributed by atoms with Crippen LogP contribution in [0.4, 0.5) is 0 Å². The predicted molar refractivity (Wildman–Crippen MR) is 190 cm³/mol. The van der Waals surface area contributed by atoms with Crippen LogP contribution in [0.25, 0.3) is 93.8 Å². The van der Waals surface area contributed by atoms with Gasteiger partial charge in [0.1, 0.15) is 11.2 Å². The Morgan fingerprint density at radius 3 is 1.91 bits per heavy atom. The first-order chi connectivity index (χ1) is 22.8. The second-order valence-electron chi connectivity index (χ2n) is 11.8. The highest BCUT2D eigenvalue weighted by molar-refractivity contribution is 6.17. The number of benzene rings is 7. The first kappa shape index (κ1) is 25.1. The third-order valence-electron chi connectivity index (χ3n) is 9.16. The third kappa shape index (κ3) is 3.67. The summed E-state index contributed by atoms with van der Waals surface area (Å²) in [5, 5.41) is 6.79. The summed E-state index contributed by atoms with van der Waals surface area (Å²) >= 11 is 0. The van der Waals surface area contributed by atoms with Gasteiger partial charge in [-0.25, -0.2) is 9.97 Å². The summed E-state index contributed by atoms with van der Waals surface area (Å²) in [6.45, 7) is 0. The zero-order valence-corrected chi connectivity index (χ0v) is 24.7. The lowest BCUT2D eigenvalue weighted by Gasteiger charge is -2.13. The Bertz CT molecular complexity index is 2790. The van der Waals surface area contributed by atoms with Crippen molar-refractivity contribution in [2.24, 2.45) is 0 Å². The molecule has 0 aliphatic rings. The summed E-state index contributed by atoms with van der Waals surface area (Å²) in [7, 11) is 0. The average Bonchev–Trinajstić information content (AvgIpc) is 3.65. The van der Waals surface area contributed by atoms with E-state index in [1.807, 2.05) is 24.3 Å². The molecule has 0 aliphatic heterocycles. The molecule has 0 spiro atoms. The Hall–Kier alpha value is -6.26. The molecule has 0 fully saturated rings. The monoisotopic (exact) mass is 587 g/mol. The molecule has 0 saturated heterocycles. The first-order valence-corrected chi connectivity index (χ1v) is 15.5. The van der Waals surface area contributed by atoms with Crippen molar-refractivity contribution in [1.82, 2.24) is 14.5 Å². The van der Waals surface area contributed by atoms with Gasteiger partial charge in [-0.2, -0.15) is 0 Å². The van der Waals surface area contributed by atoms with Crippen LogP contribution in [0.1, 0.15) is 0 Å². The highest BCUT2D eigenvalue weighted by Crippen LogP contribution is 2.39. The number of fused-ring (bicyclic) bond motifs is 9. The highest BCUT2D eigenvalue weighted by atomic mass is 16.3.